The maximum absolute atomic E-state index is 9.19. The fourth-order valence-electron chi connectivity index (χ4n) is 1.93. The Labute approximate surface area is 124 Å². The Balaban J connectivity index is 0.00000200. The van der Waals surface area contributed by atoms with Gasteiger partial charge < -0.3 is 11.5 Å². The van der Waals surface area contributed by atoms with Crippen molar-refractivity contribution >= 4 is 18.2 Å². The number of anilines is 1. The average molecular weight is 292 g/mol. The molecule has 0 aliphatic heterocycles. The van der Waals surface area contributed by atoms with E-state index in [-0.39, 0.29) is 12.4 Å². The van der Waals surface area contributed by atoms with Gasteiger partial charge in [-0.3, -0.25) is 0 Å². The molecule has 4 N–H and O–H groups in total. The lowest BCUT2D eigenvalue weighted by Crippen LogP contribution is -2.03. The predicted molar refractivity (Wildman–Crippen MR) is 82.1 cm³/mol. The summed E-state index contributed by atoms with van der Waals surface area (Å²) < 4.78 is 1.61. The molecule has 0 atom stereocenters. The van der Waals surface area contributed by atoms with Gasteiger partial charge in [-0.25, -0.2) is 4.68 Å². The molecule has 0 unspecified atom stereocenters. The van der Waals surface area contributed by atoms with Crippen molar-refractivity contribution in [3.8, 4) is 11.8 Å². The Kier molecular flexibility index (Phi) is 5.56. The lowest BCUT2D eigenvalue weighted by atomic mass is 10.1. The zero-order chi connectivity index (χ0) is 13.8. The standard InChI is InChI=1S/C14H17N5.ClH/c1-10-4-6-11(7-5-10)19-14(17)12(9-16)13(18-19)3-2-8-15;/h4-7H,2-3,8,15,17H2,1H3;1H. The van der Waals surface area contributed by atoms with Crippen LogP contribution in [0.25, 0.3) is 5.69 Å². The SMILES string of the molecule is Cc1ccc(-n2nc(CCCN)c(C#N)c2N)cc1.Cl. The van der Waals surface area contributed by atoms with E-state index in [4.69, 9.17) is 11.5 Å². The monoisotopic (exact) mass is 291 g/mol. The zero-order valence-electron chi connectivity index (χ0n) is 11.3. The molecular weight excluding hydrogens is 274 g/mol. The summed E-state index contributed by atoms with van der Waals surface area (Å²) in [4.78, 5) is 0. The third kappa shape index (κ3) is 3.10. The largest absolute Gasteiger partial charge is 0.382 e. The van der Waals surface area contributed by atoms with Crippen molar-refractivity contribution in [3.63, 3.8) is 0 Å². The lowest BCUT2D eigenvalue weighted by Gasteiger charge is -2.03. The molecule has 5 nitrogen and oxygen atoms in total. The van der Waals surface area contributed by atoms with Gasteiger partial charge in [0.05, 0.1) is 11.4 Å². The zero-order valence-corrected chi connectivity index (χ0v) is 12.2. The van der Waals surface area contributed by atoms with Crippen LogP contribution in [-0.4, -0.2) is 16.3 Å². The number of nitrogens with two attached hydrogens (primary N) is 2. The molecule has 6 heteroatoms. The van der Waals surface area contributed by atoms with E-state index >= 15 is 0 Å². The van der Waals surface area contributed by atoms with Crippen molar-refractivity contribution in [3.05, 3.63) is 41.1 Å². The second-order valence-electron chi connectivity index (χ2n) is 4.46. The van der Waals surface area contributed by atoms with Crippen LogP contribution in [0.1, 0.15) is 23.2 Å². The molecule has 0 amide bonds. The van der Waals surface area contributed by atoms with Crippen LogP contribution in [0.5, 0.6) is 0 Å². The molecule has 1 heterocycles. The molecular formula is C14H18ClN5. The highest BCUT2D eigenvalue weighted by Gasteiger charge is 2.15. The van der Waals surface area contributed by atoms with Crippen molar-refractivity contribution in [2.75, 3.05) is 12.3 Å². The van der Waals surface area contributed by atoms with Gasteiger partial charge in [-0.05, 0) is 38.4 Å². The average Bonchev–Trinajstić information content (AvgIpc) is 2.73. The maximum atomic E-state index is 9.19. The maximum Gasteiger partial charge on any atom is 0.145 e. The van der Waals surface area contributed by atoms with E-state index in [2.05, 4.69) is 11.2 Å². The molecule has 0 bridgehead atoms. The van der Waals surface area contributed by atoms with Crippen LogP contribution in [0, 0.1) is 18.3 Å². The van der Waals surface area contributed by atoms with E-state index in [1.807, 2.05) is 31.2 Å². The quantitative estimate of drug-likeness (QED) is 0.900. The third-order valence-corrected chi connectivity index (χ3v) is 3.00. The van der Waals surface area contributed by atoms with Crippen LogP contribution in [-0.2, 0) is 6.42 Å². The predicted octanol–water partition coefficient (Wildman–Crippen LogP) is 1.95. The smallest absolute Gasteiger partial charge is 0.145 e. The van der Waals surface area contributed by atoms with Gasteiger partial charge in [0.25, 0.3) is 0 Å². The summed E-state index contributed by atoms with van der Waals surface area (Å²) in [5.74, 6) is 0.387. The first-order chi connectivity index (χ1) is 9.17. The Bertz CT molecular complexity index is 610. The van der Waals surface area contributed by atoms with Crippen LogP contribution >= 0.6 is 12.4 Å². The highest BCUT2D eigenvalue weighted by atomic mass is 35.5. The molecule has 2 aromatic rings. The number of nitrogen functional groups attached to an aromatic ring is 1. The summed E-state index contributed by atoms with van der Waals surface area (Å²) in [7, 11) is 0. The molecule has 20 heavy (non-hydrogen) atoms. The van der Waals surface area contributed by atoms with Gasteiger partial charge in [-0.1, -0.05) is 17.7 Å². The van der Waals surface area contributed by atoms with Gasteiger partial charge in [0.1, 0.15) is 17.5 Å². The molecule has 1 aromatic carbocycles. The number of halogens is 1. The van der Waals surface area contributed by atoms with Crippen molar-refractivity contribution in [2.24, 2.45) is 5.73 Å². The molecule has 0 saturated heterocycles. The van der Waals surface area contributed by atoms with E-state index < -0.39 is 0 Å². The first-order valence-corrected chi connectivity index (χ1v) is 6.22. The number of nitriles is 1. The summed E-state index contributed by atoms with van der Waals surface area (Å²) in [5, 5.41) is 13.6. The van der Waals surface area contributed by atoms with E-state index in [0.717, 1.165) is 12.1 Å². The Morgan fingerprint density at radius 3 is 2.50 bits per heavy atom. The Morgan fingerprint density at radius 1 is 1.30 bits per heavy atom. The number of hydrogen-bond donors (Lipinski definition) is 2. The van der Waals surface area contributed by atoms with Crippen LogP contribution in [0.15, 0.2) is 24.3 Å². The number of aromatic nitrogens is 2. The van der Waals surface area contributed by atoms with Crippen LogP contribution < -0.4 is 11.5 Å². The second kappa shape index (κ2) is 6.94. The van der Waals surface area contributed by atoms with Gasteiger partial charge >= 0.3 is 0 Å². The molecule has 0 fully saturated rings. The third-order valence-electron chi connectivity index (χ3n) is 3.00. The Morgan fingerprint density at radius 2 is 1.95 bits per heavy atom. The van der Waals surface area contributed by atoms with Gasteiger partial charge in [-0.15, -0.1) is 12.4 Å². The van der Waals surface area contributed by atoms with Crippen LogP contribution in [0.2, 0.25) is 0 Å². The van der Waals surface area contributed by atoms with Crippen LogP contribution in [0.3, 0.4) is 0 Å². The highest BCUT2D eigenvalue weighted by Crippen LogP contribution is 2.21. The molecule has 0 saturated carbocycles. The van der Waals surface area contributed by atoms with Gasteiger partial charge in [0, 0.05) is 0 Å². The molecule has 106 valence electrons. The van der Waals surface area contributed by atoms with E-state index in [1.54, 1.807) is 4.68 Å². The summed E-state index contributed by atoms with van der Waals surface area (Å²) in [5.41, 5.74) is 14.7. The molecule has 1 aromatic heterocycles. The lowest BCUT2D eigenvalue weighted by molar-refractivity contribution is 0.776. The number of nitrogens with zero attached hydrogens (tertiary/aromatic N) is 3. The number of aryl methyl sites for hydroxylation is 2. The number of rotatable bonds is 4. The highest BCUT2D eigenvalue weighted by molar-refractivity contribution is 5.85. The van der Waals surface area contributed by atoms with E-state index in [0.29, 0.717) is 30.0 Å². The minimum absolute atomic E-state index is 0. The van der Waals surface area contributed by atoms with E-state index in [9.17, 15) is 5.26 Å². The molecule has 0 aliphatic carbocycles. The summed E-state index contributed by atoms with van der Waals surface area (Å²) in [6.45, 7) is 2.59. The van der Waals surface area contributed by atoms with Crippen molar-refractivity contribution in [2.45, 2.75) is 19.8 Å². The first-order valence-electron chi connectivity index (χ1n) is 6.22. The first kappa shape index (κ1) is 16.0. The minimum atomic E-state index is 0. The topological polar surface area (TPSA) is 93.6 Å². The van der Waals surface area contributed by atoms with E-state index in [1.165, 1.54) is 5.56 Å². The Hall–Kier alpha value is -2.03. The summed E-state index contributed by atoms with van der Waals surface area (Å²) in [6.07, 6.45) is 1.46. The van der Waals surface area contributed by atoms with Crippen molar-refractivity contribution < 1.29 is 0 Å². The summed E-state index contributed by atoms with van der Waals surface area (Å²) >= 11 is 0. The minimum Gasteiger partial charge on any atom is -0.382 e. The fraction of sp³-hybridized carbons (Fsp3) is 0.286. The second-order valence-corrected chi connectivity index (χ2v) is 4.46. The molecule has 0 aliphatic rings. The molecule has 2 rings (SSSR count). The van der Waals surface area contributed by atoms with Gasteiger partial charge in [-0.2, -0.15) is 10.4 Å². The van der Waals surface area contributed by atoms with Crippen molar-refractivity contribution in [1.29, 1.82) is 5.26 Å². The number of benzene rings is 1. The fourth-order valence-corrected chi connectivity index (χ4v) is 1.93. The number of hydrogen-bond acceptors (Lipinski definition) is 4. The van der Waals surface area contributed by atoms with Gasteiger partial charge in [0.15, 0.2) is 0 Å². The molecule has 0 spiro atoms. The molecule has 0 radical (unpaired) electrons. The normalized spacial score (nSPS) is 9.85. The van der Waals surface area contributed by atoms with Crippen molar-refractivity contribution in [1.82, 2.24) is 9.78 Å². The van der Waals surface area contributed by atoms with Gasteiger partial charge in [0.2, 0.25) is 0 Å². The van der Waals surface area contributed by atoms with Crippen LogP contribution in [0.4, 0.5) is 5.82 Å². The summed E-state index contributed by atoms with van der Waals surface area (Å²) in [6, 6.07) is 9.98.